The summed E-state index contributed by atoms with van der Waals surface area (Å²) in [5.74, 6) is -0.0264. The third-order valence-electron chi connectivity index (χ3n) is 3.07. The number of aromatic nitrogens is 2. The highest BCUT2D eigenvalue weighted by molar-refractivity contribution is 5.23. The largest absolute Gasteiger partial charge is 0.387 e. The van der Waals surface area contributed by atoms with Crippen molar-refractivity contribution in [1.29, 1.82) is 0 Å². The first-order chi connectivity index (χ1) is 8.75. The molecule has 106 valence electrons. The number of aliphatic hydroxyl groups excluding tert-OH is 2. The first-order valence-corrected chi connectivity index (χ1v) is 5.48. The first-order valence-electron chi connectivity index (χ1n) is 5.48. The van der Waals surface area contributed by atoms with E-state index in [9.17, 15) is 19.4 Å². The van der Waals surface area contributed by atoms with Crippen LogP contribution >= 0.6 is 0 Å². The molecule has 0 aliphatic carbocycles. The van der Waals surface area contributed by atoms with Crippen LogP contribution in [0, 0.1) is 0 Å². The Bertz CT molecular complexity index is 532. The van der Waals surface area contributed by atoms with E-state index in [2.05, 4.69) is 4.98 Å². The summed E-state index contributed by atoms with van der Waals surface area (Å²) in [6, 6.07) is 1.28. The number of aliphatic hydroxyl groups is 3. The van der Waals surface area contributed by atoms with Crippen molar-refractivity contribution in [2.45, 2.75) is 37.3 Å². The van der Waals surface area contributed by atoms with Crippen molar-refractivity contribution >= 4 is 5.82 Å². The second-order valence-electron chi connectivity index (χ2n) is 4.54. The van der Waals surface area contributed by atoms with Gasteiger partial charge in [0.05, 0.1) is 0 Å². The van der Waals surface area contributed by atoms with Gasteiger partial charge < -0.3 is 25.8 Å². The number of nitrogen functional groups attached to an aromatic ring is 1. The summed E-state index contributed by atoms with van der Waals surface area (Å²) in [6.45, 7) is 1.16. The fraction of sp³-hybridized carbons (Fsp3) is 0.600. The molecular weight excluding hydrogens is 261 g/mol. The third kappa shape index (κ3) is 2.21. The van der Waals surface area contributed by atoms with Crippen molar-refractivity contribution < 1.29 is 24.4 Å². The zero-order chi connectivity index (χ0) is 14.4. The van der Waals surface area contributed by atoms with Crippen molar-refractivity contribution in [1.82, 2.24) is 9.55 Å². The monoisotopic (exact) mass is 275 g/mol. The lowest BCUT2D eigenvalue weighted by molar-refractivity contribution is -0.133. The molecule has 2 rings (SSSR count). The number of alkyl halides is 1. The second kappa shape index (κ2) is 4.53. The minimum Gasteiger partial charge on any atom is -0.387 e. The number of nitrogens with two attached hydrogens (primary N) is 1. The van der Waals surface area contributed by atoms with Crippen molar-refractivity contribution in [3.05, 3.63) is 22.7 Å². The number of halogens is 1. The zero-order valence-corrected chi connectivity index (χ0v) is 9.97. The maximum Gasteiger partial charge on any atom is 0.351 e. The quantitative estimate of drug-likeness (QED) is 0.497. The van der Waals surface area contributed by atoms with Gasteiger partial charge in [0, 0.05) is 6.20 Å². The number of anilines is 1. The zero-order valence-electron chi connectivity index (χ0n) is 9.97. The fourth-order valence-electron chi connectivity index (χ4n) is 2.01. The highest BCUT2D eigenvalue weighted by Crippen LogP contribution is 2.38. The van der Waals surface area contributed by atoms with Gasteiger partial charge in [0.1, 0.15) is 23.6 Å². The standard InChI is InChI=1S/C10H14FN3O5/c1-10(18)6(15)5(7(11)16)19-8(10)14-3-2-4(12)13-9(14)17/h2-3,5-8,15-16,18H,1H3,(H2,12,13,17)/t5-,6+,7?,8+,10+/m0/s1. The third-order valence-corrected chi connectivity index (χ3v) is 3.07. The summed E-state index contributed by atoms with van der Waals surface area (Å²) in [5.41, 5.74) is 2.52. The van der Waals surface area contributed by atoms with Gasteiger partial charge in [0.2, 0.25) is 6.36 Å². The van der Waals surface area contributed by atoms with Crippen molar-refractivity contribution in [2.24, 2.45) is 0 Å². The van der Waals surface area contributed by atoms with E-state index in [0.717, 1.165) is 11.5 Å². The average Bonchev–Trinajstić information content (AvgIpc) is 2.52. The summed E-state index contributed by atoms with van der Waals surface area (Å²) < 4.78 is 18.8. The Morgan fingerprint density at radius 1 is 1.68 bits per heavy atom. The van der Waals surface area contributed by atoms with Gasteiger partial charge in [-0.1, -0.05) is 0 Å². The van der Waals surface area contributed by atoms with Crippen LogP contribution in [0.15, 0.2) is 17.1 Å². The minimum absolute atomic E-state index is 0.0264. The fourth-order valence-corrected chi connectivity index (χ4v) is 2.01. The molecule has 5 atom stereocenters. The lowest BCUT2D eigenvalue weighted by atomic mass is 9.96. The molecule has 0 saturated carbocycles. The molecule has 0 spiro atoms. The van der Waals surface area contributed by atoms with Gasteiger partial charge in [-0.15, -0.1) is 0 Å². The predicted molar refractivity (Wildman–Crippen MR) is 60.6 cm³/mol. The molecule has 5 N–H and O–H groups in total. The topological polar surface area (TPSA) is 131 Å². The Hall–Kier alpha value is -1.55. The van der Waals surface area contributed by atoms with Crippen LogP contribution in [0.5, 0.6) is 0 Å². The van der Waals surface area contributed by atoms with Crippen LogP contribution in [0.4, 0.5) is 10.2 Å². The predicted octanol–water partition coefficient (Wildman–Crippen LogP) is -1.88. The van der Waals surface area contributed by atoms with E-state index in [1.807, 2.05) is 0 Å². The summed E-state index contributed by atoms with van der Waals surface area (Å²) >= 11 is 0. The molecule has 9 heteroatoms. The van der Waals surface area contributed by atoms with E-state index in [4.69, 9.17) is 15.6 Å². The Kier molecular flexibility index (Phi) is 3.31. The molecule has 1 saturated heterocycles. The molecule has 1 aromatic heterocycles. The molecule has 1 aliphatic heterocycles. The summed E-state index contributed by atoms with van der Waals surface area (Å²) in [4.78, 5) is 15.1. The summed E-state index contributed by atoms with van der Waals surface area (Å²) in [5, 5.41) is 28.7. The number of hydrogen-bond acceptors (Lipinski definition) is 7. The Labute approximate surface area is 106 Å². The van der Waals surface area contributed by atoms with Gasteiger partial charge in [-0.2, -0.15) is 4.98 Å². The maximum absolute atomic E-state index is 12.9. The Balaban J connectivity index is 2.42. The number of hydrogen-bond donors (Lipinski definition) is 4. The lowest BCUT2D eigenvalue weighted by Gasteiger charge is -2.27. The number of nitrogens with zero attached hydrogens (tertiary/aromatic N) is 2. The molecule has 1 fully saturated rings. The molecule has 8 nitrogen and oxygen atoms in total. The Morgan fingerprint density at radius 2 is 2.32 bits per heavy atom. The molecule has 0 radical (unpaired) electrons. The summed E-state index contributed by atoms with van der Waals surface area (Å²) in [6.07, 6.45) is -6.06. The molecule has 1 unspecified atom stereocenters. The number of rotatable bonds is 2. The average molecular weight is 275 g/mol. The van der Waals surface area contributed by atoms with Gasteiger partial charge in [-0.05, 0) is 13.0 Å². The van der Waals surface area contributed by atoms with Gasteiger partial charge in [-0.3, -0.25) is 4.57 Å². The van der Waals surface area contributed by atoms with E-state index in [1.54, 1.807) is 0 Å². The van der Waals surface area contributed by atoms with Gasteiger partial charge in [0.25, 0.3) is 0 Å². The van der Waals surface area contributed by atoms with Crippen LogP contribution in [-0.2, 0) is 4.74 Å². The van der Waals surface area contributed by atoms with Gasteiger partial charge in [0.15, 0.2) is 6.23 Å². The van der Waals surface area contributed by atoms with E-state index in [1.165, 1.54) is 12.3 Å². The molecule has 0 bridgehead atoms. The highest BCUT2D eigenvalue weighted by Gasteiger charge is 2.55. The van der Waals surface area contributed by atoms with Crippen LogP contribution in [0.1, 0.15) is 13.2 Å². The van der Waals surface area contributed by atoms with E-state index in [-0.39, 0.29) is 5.82 Å². The van der Waals surface area contributed by atoms with Crippen LogP contribution in [0.3, 0.4) is 0 Å². The van der Waals surface area contributed by atoms with Crippen LogP contribution in [0.2, 0.25) is 0 Å². The van der Waals surface area contributed by atoms with Crippen LogP contribution in [-0.4, -0.2) is 49.0 Å². The highest BCUT2D eigenvalue weighted by atomic mass is 19.1. The van der Waals surface area contributed by atoms with E-state index >= 15 is 0 Å². The van der Waals surface area contributed by atoms with E-state index < -0.39 is 36.1 Å². The Morgan fingerprint density at radius 3 is 2.79 bits per heavy atom. The molecule has 2 heterocycles. The van der Waals surface area contributed by atoms with Crippen molar-refractivity contribution in [2.75, 3.05) is 5.73 Å². The number of ether oxygens (including phenoxy) is 1. The smallest absolute Gasteiger partial charge is 0.351 e. The first kappa shape index (κ1) is 13.9. The molecule has 19 heavy (non-hydrogen) atoms. The molecule has 1 aliphatic rings. The van der Waals surface area contributed by atoms with E-state index in [0.29, 0.717) is 0 Å². The van der Waals surface area contributed by atoms with Crippen LogP contribution in [0.25, 0.3) is 0 Å². The summed E-state index contributed by atoms with van der Waals surface area (Å²) in [7, 11) is 0. The molecular formula is C10H14FN3O5. The van der Waals surface area contributed by atoms with Gasteiger partial charge >= 0.3 is 5.69 Å². The normalized spacial score (nSPS) is 36.4. The van der Waals surface area contributed by atoms with Gasteiger partial charge in [-0.25, -0.2) is 9.18 Å². The maximum atomic E-state index is 12.9. The minimum atomic E-state index is -2.50. The van der Waals surface area contributed by atoms with Crippen molar-refractivity contribution in [3.8, 4) is 0 Å². The lowest BCUT2D eigenvalue weighted by Crippen LogP contribution is -2.47. The van der Waals surface area contributed by atoms with Crippen LogP contribution < -0.4 is 11.4 Å². The molecule has 0 aromatic carbocycles. The molecule has 0 amide bonds. The SMILES string of the molecule is C[C@@]1(O)[C@H](O)[C@@H](C(O)F)O[C@H]1n1ccc(N)nc1=O. The second-order valence-corrected chi connectivity index (χ2v) is 4.54. The molecule has 1 aromatic rings. The van der Waals surface area contributed by atoms with Crippen molar-refractivity contribution in [3.63, 3.8) is 0 Å².